The Hall–Kier alpha value is -2.07. The van der Waals surface area contributed by atoms with E-state index in [1.807, 2.05) is 30.3 Å². The van der Waals surface area contributed by atoms with Crippen LogP contribution in [-0.2, 0) is 14.3 Å². The first-order valence-electron chi connectivity index (χ1n) is 5.38. The van der Waals surface area contributed by atoms with Crippen LogP contribution >= 0.6 is 0 Å². The maximum absolute atomic E-state index is 11.7. The van der Waals surface area contributed by atoms with Crippen molar-refractivity contribution in [1.82, 2.24) is 0 Å². The van der Waals surface area contributed by atoms with Crippen molar-refractivity contribution in [3.8, 4) is 0 Å². The molecule has 0 aliphatic carbocycles. The third kappa shape index (κ3) is 3.21. The van der Waals surface area contributed by atoms with Gasteiger partial charge in [-0.25, -0.2) is 0 Å². The summed E-state index contributed by atoms with van der Waals surface area (Å²) in [5, 5.41) is 0. The molecule has 2 aromatic carbocycles. The maximum atomic E-state index is 11.7. The molecule has 0 heterocycles. The van der Waals surface area contributed by atoms with E-state index in [2.05, 4.69) is 0 Å². The van der Waals surface area contributed by atoms with Crippen molar-refractivity contribution in [2.24, 2.45) is 0 Å². The molecule has 0 aliphatic heterocycles. The van der Waals surface area contributed by atoms with Crippen molar-refractivity contribution in [2.45, 2.75) is 4.90 Å². The average Bonchev–Trinajstić information content (AvgIpc) is 2.41. The molecule has 0 aromatic heterocycles. The first-order valence-corrected chi connectivity index (χ1v) is 6.79. The van der Waals surface area contributed by atoms with Gasteiger partial charge in [-0.2, -0.15) is 8.42 Å². The summed E-state index contributed by atoms with van der Waals surface area (Å²) in [6.45, 7) is 0. The second kappa shape index (κ2) is 5.51. The highest BCUT2D eigenvalue weighted by Gasteiger charge is 2.12. The molecule has 0 amide bonds. The smallest absolute Gasteiger partial charge is 0.338 e. The summed E-state index contributed by atoms with van der Waals surface area (Å²) in [5.41, 5.74) is 0.876. The van der Waals surface area contributed by atoms with Gasteiger partial charge in [-0.15, -0.1) is 0 Å². The standard InChI is InChI=1S/C14H12O3S/c15-18(16,14-9-5-2-6-10-14)17-12-11-13-7-3-1-4-8-13/h1-12H/b12-11+. The summed E-state index contributed by atoms with van der Waals surface area (Å²) in [4.78, 5) is 0.141. The van der Waals surface area contributed by atoms with Gasteiger partial charge in [0.15, 0.2) is 0 Å². The van der Waals surface area contributed by atoms with Crippen LogP contribution in [0, 0.1) is 0 Å². The van der Waals surface area contributed by atoms with Gasteiger partial charge in [-0.3, -0.25) is 0 Å². The van der Waals surface area contributed by atoms with E-state index in [0.717, 1.165) is 5.56 Å². The highest BCUT2D eigenvalue weighted by Crippen LogP contribution is 2.12. The molecule has 0 atom stereocenters. The van der Waals surface area contributed by atoms with Crippen LogP contribution in [0.15, 0.2) is 71.8 Å². The molecule has 92 valence electrons. The zero-order valence-corrected chi connectivity index (χ0v) is 10.4. The lowest BCUT2D eigenvalue weighted by molar-refractivity contribution is 0.446. The van der Waals surface area contributed by atoms with E-state index in [1.165, 1.54) is 18.4 Å². The van der Waals surface area contributed by atoms with Gasteiger partial charge >= 0.3 is 10.1 Å². The van der Waals surface area contributed by atoms with Crippen molar-refractivity contribution < 1.29 is 12.6 Å². The summed E-state index contributed by atoms with van der Waals surface area (Å²) >= 11 is 0. The van der Waals surface area contributed by atoms with E-state index >= 15 is 0 Å². The Morgan fingerprint density at radius 3 is 2.00 bits per heavy atom. The largest absolute Gasteiger partial charge is 0.387 e. The number of hydrogen-bond acceptors (Lipinski definition) is 3. The Bertz CT molecular complexity index is 617. The van der Waals surface area contributed by atoms with Crippen molar-refractivity contribution >= 4 is 16.2 Å². The van der Waals surface area contributed by atoms with Gasteiger partial charge in [0.2, 0.25) is 0 Å². The predicted octanol–water partition coefficient (Wildman–Crippen LogP) is 3.06. The molecular formula is C14H12O3S. The Morgan fingerprint density at radius 1 is 0.833 bits per heavy atom. The topological polar surface area (TPSA) is 43.4 Å². The Morgan fingerprint density at radius 2 is 1.39 bits per heavy atom. The lowest BCUT2D eigenvalue weighted by Crippen LogP contribution is -2.01. The van der Waals surface area contributed by atoms with E-state index in [-0.39, 0.29) is 4.90 Å². The fraction of sp³-hybridized carbons (Fsp3) is 0. The quantitative estimate of drug-likeness (QED) is 0.627. The third-order valence-electron chi connectivity index (χ3n) is 2.27. The number of hydrogen-bond donors (Lipinski definition) is 0. The Balaban J connectivity index is 2.09. The van der Waals surface area contributed by atoms with Gasteiger partial charge in [0, 0.05) is 0 Å². The van der Waals surface area contributed by atoms with Gasteiger partial charge in [0.1, 0.15) is 11.2 Å². The predicted molar refractivity (Wildman–Crippen MR) is 70.2 cm³/mol. The van der Waals surface area contributed by atoms with Crippen LogP contribution in [0.2, 0.25) is 0 Å². The zero-order valence-electron chi connectivity index (χ0n) is 9.56. The van der Waals surface area contributed by atoms with E-state index in [1.54, 1.807) is 24.3 Å². The molecule has 2 rings (SSSR count). The molecule has 0 N–H and O–H groups in total. The normalized spacial score (nSPS) is 11.6. The lowest BCUT2D eigenvalue weighted by Gasteiger charge is -2.01. The van der Waals surface area contributed by atoms with E-state index in [4.69, 9.17) is 4.18 Å². The Labute approximate surface area is 106 Å². The SMILES string of the molecule is O=S(=O)(O/C=C/c1ccccc1)c1ccccc1. The number of benzene rings is 2. The zero-order chi connectivity index (χ0) is 12.8. The van der Waals surface area contributed by atoms with Crippen LogP contribution in [0.25, 0.3) is 6.08 Å². The van der Waals surface area contributed by atoms with Crippen LogP contribution in [0.5, 0.6) is 0 Å². The van der Waals surface area contributed by atoms with Crippen LogP contribution in [0.4, 0.5) is 0 Å². The summed E-state index contributed by atoms with van der Waals surface area (Å²) in [6.07, 6.45) is 2.78. The van der Waals surface area contributed by atoms with Crippen molar-refractivity contribution in [1.29, 1.82) is 0 Å². The fourth-order valence-corrected chi connectivity index (χ4v) is 2.19. The molecular weight excluding hydrogens is 248 g/mol. The first kappa shape index (κ1) is 12.4. The van der Waals surface area contributed by atoms with E-state index in [0.29, 0.717) is 0 Å². The van der Waals surface area contributed by atoms with E-state index < -0.39 is 10.1 Å². The molecule has 0 unspecified atom stereocenters. The third-order valence-corrected chi connectivity index (χ3v) is 3.49. The molecule has 0 spiro atoms. The molecule has 0 bridgehead atoms. The van der Waals surface area contributed by atoms with Crippen molar-refractivity contribution in [3.05, 3.63) is 72.5 Å². The molecule has 0 fully saturated rings. The van der Waals surface area contributed by atoms with Crippen LogP contribution in [0.3, 0.4) is 0 Å². The second-order valence-corrected chi connectivity index (χ2v) is 5.15. The molecule has 2 aromatic rings. The summed E-state index contributed by atoms with van der Waals surface area (Å²) < 4.78 is 28.3. The van der Waals surface area contributed by atoms with Crippen molar-refractivity contribution in [2.75, 3.05) is 0 Å². The summed E-state index contributed by atoms with van der Waals surface area (Å²) in [5.74, 6) is 0. The number of rotatable bonds is 4. The summed E-state index contributed by atoms with van der Waals surface area (Å²) in [6, 6.07) is 17.4. The minimum Gasteiger partial charge on any atom is -0.387 e. The summed E-state index contributed by atoms with van der Waals surface area (Å²) in [7, 11) is -3.72. The maximum Gasteiger partial charge on any atom is 0.338 e. The van der Waals surface area contributed by atoms with Crippen LogP contribution < -0.4 is 0 Å². The van der Waals surface area contributed by atoms with Crippen molar-refractivity contribution in [3.63, 3.8) is 0 Å². The highest BCUT2D eigenvalue weighted by molar-refractivity contribution is 7.86. The van der Waals surface area contributed by atoms with Gasteiger partial charge < -0.3 is 4.18 Å². The van der Waals surface area contributed by atoms with Gasteiger partial charge in [-0.05, 0) is 23.8 Å². The van der Waals surface area contributed by atoms with Gasteiger partial charge in [0.05, 0.1) is 0 Å². The van der Waals surface area contributed by atoms with Crippen LogP contribution in [0.1, 0.15) is 5.56 Å². The molecule has 3 nitrogen and oxygen atoms in total. The monoisotopic (exact) mass is 260 g/mol. The highest BCUT2D eigenvalue weighted by atomic mass is 32.2. The second-order valence-electron chi connectivity index (χ2n) is 3.58. The molecule has 0 radical (unpaired) electrons. The molecule has 4 heteroatoms. The average molecular weight is 260 g/mol. The first-order chi connectivity index (χ1) is 8.68. The molecule has 18 heavy (non-hydrogen) atoms. The minimum atomic E-state index is -3.72. The van der Waals surface area contributed by atoms with E-state index in [9.17, 15) is 8.42 Å². The molecule has 0 saturated heterocycles. The molecule has 0 saturated carbocycles. The minimum absolute atomic E-state index is 0.141. The lowest BCUT2D eigenvalue weighted by atomic mass is 10.2. The van der Waals surface area contributed by atoms with Crippen LogP contribution in [-0.4, -0.2) is 8.42 Å². The Kier molecular flexibility index (Phi) is 3.79. The van der Waals surface area contributed by atoms with Gasteiger partial charge in [-0.1, -0.05) is 48.5 Å². The van der Waals surface area contributed by atoms with Gasteiger partial charge in [0.25, 0.3) is 0 Å². The molecule has 0 aliphatic rings. The fourth-order valence-electron chi connectivity index (χ4n) is 1.39.